The van der Waals surface area contributed by atoms with E-state index in [1.165, 1.54) is 0 Å². The first-order chi connectivity index (χ1) is 12.9. The summed E-state index contributed by atoms with van der Waals surface area (Å²) in [5.74, 6) is 0.262. The van der Waals surface area contributed by atoms with Gasteiger partial charge >= 0.3 is 0 Å². The number of hydrogen-bond donors (Lipinski definition) is 1. The van der Waals surface area contributed by atoms with Crippen molar-refractivity contribution in [2.24, 2.45) is 0 Å². The van der Waals surface area contributed by atoms with Gasteiger partial charge in [-0.05, 0) is 61.2 Å². The SMILES string of the molecule is Cc1c(-c2c(C)c3n(c2O)CC[C@@H]3O[Si](C)(C)C(C)(C)C)ccc(C#N)c1Cl. The molecule has 0 radical (unpaired) electrons. The van der Waals surface area contributed by atoms with Crippen LogP contribution in [0.2, 0.25) is 23.2 Å². The number of rotatable bonds is 3. The Bertz CT molecular complexity index is 980. The second kappa shape index (κ2) is 6.95. The molecule has 28 heavy (non-hydrogen) atoms. The van der Waals surface area contributed by atoms with Crippen LogP contribution in [0, 0.1) is 25.2 Å². The molecule has 1 atom stereocenters. The number of benzene rings is 1. The summed E-state index contributed by atoms with van der Waals surface area (Å²) in [6.45, 7) is 15.9. The third-order valence-electron chi connectivity index (χ3n) is 6.47. The van der Waals surface area contributed by atoms with Gasteiger partial charge < -0.3 is 14.1 Å². The third kappa shape index (κ3) is 3.18. The molecule has 0 spiro atoms. The quantitative estimate of drug-likeness (QED) is 0.583. The number of nitriles is 1. The molecule has 0 unspecified atom stereocenters. The average molecular weight is 417 g/mol. The molecular formula is C22H29ClN2O2Si. The summed E-state index contributed by atoms with van der Waals surface area (Å²) in [5, 5.41) is 20.8. The first kappa shape index (κ1) is 21.0. The zero-order valence-electron chi connectivity index (χ0n) is 17.8. The molecule has 0 aliphatic carbocycles. The lowest BCUT2D eigenvalue weighted by molar-refractivity contribution is 0.184. The molecule has 1 aliphatic rings. The van der Waals surface area contributed by atoms with Crippen LogP contribution in [0.15, 0.2) is 12.1 Å². The zero-order valence-corrected chi connectivity index (χ0v) is 19.5. The highest BCUT2D eigenvalue weighted by molar-refractivity contribution is 6.74. The minimum absolute atomic E-state index is 0.00491. The normalized spacial score (nSPS) is 16.9. The van der Waals surface area contributed by atoms with E-state index in [9.17, 15) is 10.4 Å². The van der Waals surface area contributed by atoms with E-state index in [0.717, 1.165) is 40.9 Å². The fraction of sp³-hybridized carbons (Fsp3) is 0.500. The monoisotopic (exact) mass is 416 g/mol. The maximum atomic E-state index is 11.0. The summed E-state index contributed by atoms with van der Waals surface area (Å²) in [5.41, 5.74) is 5.02. The fourth-order valence-electron chi connectivity index (χ4n) is 3.78. The zero-order chi connectivity index (χ0) is 21.0. The van der Waals surface area contributed by atoms with E-state index in [0.29, 0.717) is 10.6 Å². The summed E-state index contributed by atoms with van der Waals surface area (Å²) < 4.78 is 8.68. The average Bonchev–Trinajstić information content (AvgIpc) is 3.10. The Kier molecular flexibility index (Phi) is 5.20. The van der Waals surface area contributed by atoms with E-state index < -0.39 is 8.32 Å². The molecule has 0 fully saturated rings. The molecule has 1 N–H and O–H groups in total. The molecule has 0 amide bonds. The van der Waals surface area contributed by atoms with Crippen LogP contribution >= 0.6 is 11.6 Å². The predicted molar refractivity (Wildman–Crippen MR) is 116 cm³/mol. The van der Waals surface area contributed by atoms with Crippen LogP contribution in [0.4, 0.5) is 0 Å². The van der Waals surface area contributed by atoms with Gasteiger partial charge in [-0.3, -0.25) is 0 Å². The Labute approximate surface area is 173 Å². The number of halogens is 1. The van der Waals surface area contributed by atoms with Gasteiger partial charge in [0.05, 0.1) is 22.4 Å². The molecule has 150 valence electrons. The van der Waals surface area contributed by atoms with Crippen LogP contribution < -0.4 is 0 Å². The largest absolute Gasteiger partial charge is 0.494 e. The smallest absolute Gasteiger partial charge is 0.199 e. The highest BCUT2D eigenvalue weighted by atomic mass is 35.5. The minimum Gasteiger partial charge on any atom is -0.494 e. The number of aromatic hydroxyl groups is 1. The Morgan fingerprint density at radius 3 is 2.46 bits per heavy atom. The lowest BCUT2D eigenvalue weighted by atomic mass is 9.96. The molecule has 2 aromatic rings. The molecule has 1 aromatic heterocycles. The van der Waals surface area contributed by atoms with Gasteiger partial charge in [0.15, 0.2) is 14.2 Å². The van der Waals surface area contributed by atoms with Crippen molar-refractivity contribution < 1.29 is 9.53 Å². The second-order valence-corrected chi connectivity index (χ2v) is 14.4. The van der Waals surface area contributed by atoms with E-state index in [1.54, 1.807) is 6.07 Å². The van der Waals surface area contributed by atoms with E-state index in [-0.39, 0.29) is 17.0 Å². The maximum absolute atomic E-state index is 11.0. The molecule has 6 heteroatoms. The van der Waals surface area contributed by atoms with Crippen LogP contribution in [0.1, 0.15) is 55.7 Å². The summed E-state index contributed by atoms with van der Waals surface area (Å²) in [4.78, 5) is 0. The van der Waals surface area contributed by atoms with Gasteiger partial charge in [0.1, 0.15) is 6.07 Å². The molecule has 0 saturated heterocycles. The second-order valence-electron chi connectivity index (χ2n) is 9.23. The lowest BCUT2D eigenvalue weighted by Gasteiger charge is -2.38. The van der Waals surface area contributed by atoms with Crippen molar-refractivity contribution in [3.05, 3.63) is 39.5 Å². The topological polar surface area (TPSA) is 58.2 Å². The van der Waals surface area contributed by atoms with E-state index in [2.05, 4.69) is 39.9 Å². The molecule has 0 saturated carbocycles. The van der Waals surface area contributed by atoms with Crippen molar-refractivity contribution in [3.8, 4) is 23.1 Å². The van der Waals surface area contributed by atoms with Crippen molar-refractivity contribution >= 4 is 19.9 Å². The Morgan fingerprint density at radius 1 is 1.25 bits per heavy atom. The van der Waals surface area contributed by atoms with Gasteiger partial charge in [0.25, 0.3) is 0 Å². The number of fused-ring (bicyclic) bond motifs is 1. The maximum Gasteiger partial charge on any atom is 0.199 e. The number of nitrogens with zero attached hydrogens (tertiary/aromatic N) is 2. The van der Waals surface area contributed by atoms with Gasteiger partial charge in [-0.1, -0.05) is 38.4 Å². The Hall–Kier alpha value is -1.74. The van der Waals surface area contributed by atoms with E-state index >= 15 is 0 Å². The predicted octanol–water partition coefficient (Wildman–Crippen LogP) is 6.47. The molecular weight excluding hydrogens is 388 g/mol. The van der Waals surface area contributed by atoms with Crippen LogP contribution in [0.25, 0.3) is 11.1 Å². The minimum atomic E-state index is -1.93. The summed E-state index contributed by atoms with van der Waals surface area (Å²) in [6.07, 6.45) is 0.874. The van der Waals surface area contributed by atoms with E-state index in [1.807, 2.05) is 24.5 Å². The van der Waals surface area contributed by atoms with Gasteiger partial charge in [0.2, 0.25) is 0 Å². The van der Waals surface area contributed by atoms with E-state index in [4.69, 9.17) is 16.0 Å². The van der Waals surface area contributed by atoms with Gasteiger partial charge in [-0.2, -0.15) is 5.26 Å². The number of hydrogen-bond acceptors (Lipinski definition) is 3. The van der Waals surface area contributed by atoms with Crippen molar-refractivity contribution in [1.29, 1.82) is 5.26 Å². The van der Waals surface area contributed by atoms with Crippen LogP contribution in [-0.4, -0.2) is 18.0 Å². The van der Waals surface area contributed by atoms with Crippen molar-refractivity contribution in [3.63, 3.8) is 0 Å². The Balaban J connectivity index is 2.09. The standard InChI is InChI=1S/C22H29ClN2O2Si/c1-13-16(9-8-15(12-24)19(13)23)18-14(2)20-17(10-11-25(20)21(18)26)27-28(6,7)22(3,4)5/h8-9,17,26H,10-11H2,1-7H3/t17-/m0/s1. The first-order valence-electron chi connectivity index (χ1n) is 9.70. The summed E-state index contributed by atoms with van der Waals surface area (Å²) in [6, 6.07) is 5.71. The van der Waals surface area contributed by atoms with Crippen molar-refractivity contribution in [2.75, 3.05) is 0 Å². The summed E-state index contributed by atoms with van der Waals surface area (Å²) in [7, 11) is -1.93. The first-order valence-corrected chi connectivity index (χ1v) is 13.0. The molecule has 3 rings (SSSR count). The highest BCUT2D eigenvalue weighted by Gasteiger charge is 2.42. The summed E-state index contributed by atoms with van der Waals surface area (Å²) >= 11 is 6.38. The van der Waals surface area contributed by atoms with Crippen LogP contribution in [0.5, 0.6) is 5.88 Å². The lowest BCUT2D eigenvalue weighted by Crippen LogP contribution is -2.41. The van der Waals surface area contributed by atoms with Crippen LogP contribution in [-0.2, 0) is 11.0 Å². The molecule has 4 nitrogen and oxygen atoms in total. The van der Waals surface area contributed by atoms with Gasteiger partial charge in [-0.15, -0.1) is 0 Å². The fourth-order valence-corrected chi connectivity index (χ4v) is 5.29. The van der Waals surface area contributed by atoms with Gasteiger partial charge in [0, 0.05) is 12.1 Å². The third-order valence-corrected chi connectivity index (χ3v) is 11.4. The van der Waals surface area contributed by atoms with Crippen LogP contribution in [0.3, 0.4) is 0 Å². The van der Waals surface area contributed by atoms with Gasteiger partial charge in [-0.25, -0.2) is 0 Å². The number of aromatic nitrogens is 1. The Morgan fingerprint density at radius 2 is 1.89 bits per heavy atom. The van der Waals surface area contributed by atoms with Crippen molar-refractivity contribution in [1.82, 2.24) is 4.57 Å². The molecule has 1 aliphatic heterocycles. The highest BCUT2D eigenvalue weighted by Crippen LogP contribution is 2.49. The molecule has 1 aromatic carbocycles. The molecule has 0 bridgehead atoms. The molecule has 2 heterocycles. The van der Waals surface area contributed by atoms with Crippen molar-refractivity contribution in [2.45, 2.75) is 71.8 Å².